The molecular weight excluding hydrogens is 292 g/mol. The molecule has 0 spiro atoms. The third-order valence-corrected chi connectivity index (χ3v) is 4.57. The molecule has 5 nitrogen and oxygen atoms in total. The van der Waals surface area contributed by atoms with E-state index in [0.29, 0.717) is 24.7 Å². The molecule has 1 aromatic rings. The number of nitrogens with two attached hydrogens (primary N) is 1. The Morgan fingerprint density at radius 1 is 1.39 bits per heavy atom. The van der Waals surface area contributed by atoms with Crippen molar-refractivity contribution >= 4 is 5.91 Å². The summed E-state index contributed by atoms with van der Waals surface area (Å²) in [7, 11) is 1.61. The fourth-order valence-corrected chi connectivity index (χ4v) is 3.20. The summed E-state index contributed by atoms with van der Waals surface area (Å²) in [5.41, 5.74) is 6.87. The summed E-state index contributed by atoms with van der Waals surface area (Å²) in [5.74, 6) is 1.33. The van der Waals surface area contributed by atoms with E-state index in [9.17, 15) is 4.79 Å². The molecule has 0 saturated heterocycles. The Morgan fingerprint density at radius 2 is 2.17 bits per heavy atom. The first kappa shape index (κ1) is 17.6. The van der Waals surface area contributed by atoms with Crippen molar-refractivity contribution in [2.45, 2.75) is 51.6 Å². The fraction of sp³-hybridized carbons (Fsp3) is 0.611. The van der Waals surface area contributed by atoms with Crippen molar-refractivity contribution in [2.75, 3.05) is 13.7 Å². The summed E-state index contributed by atoms with van der Waals surface area (Å²) in [6.07, 6.45) is 3.95. The fourth-order valence-electron chi connectivity index (χ4n) is 3.20. The summed E-state index contributed by atoms with van der Waals surface area (Å²) in [6.45, 7) is 4.97. The van der Waals surface area contributed by atoms with Crippen LogP contribution in [0.25, 0.3) is 0 Å². The van der Waals surface area contributed by atoms with Crippen molar-refractivity contribution in [3.8, 4) is 11.5 Å². The van der Waals surface area contributed by atoms with E-state index in [-0.39, 0.29) is 11.8 Å². The predicted octanol–water partition coefficient (Wildman–Crippen LogP) is 2.62. The zero-order valence-corrected chi connectivity index (χ0v) is 14.4. The average Bonchev–Trinajstić information content (AvgIpc) is 2.53. The molecule has 23 heavy (non-hydrogen) atoms. The number of methoxy groups -OCH3 is 1. The van der Waals surface area contributed by atoms with Gasteiger partial charge in [0.05, 0.1) is 19.6 Å². The van der Waals surface area contributed by atoms with Crippen molar-refractivity contribution in [3.63, 3.8) is 0 Å². The van der Waals surface area contributed by atoms with Crippen molar-refractivity contribution in [1.29, 1.82) is 0 Å². The normalized spacial score (nSPS) is 24.1. The molecule has 0 aromatic heterocycles. The minimum Gasteiger partial charge on any atom is -0.493 e. The van der Waals surface area contributed by atoms with Gasteiger partial charge in [-0.15, -0.1) is 0 Å². The van der Waals surface area contributed by atoms with Gasteiger partial charge in [-0.2, -0.15) is 0 Å². The SMILES string of the molecule is CCOc1ccc(CNC(=O)C2CCCCC2(C)N)cc1OC. The molecule has 1 aliphatic carbocycles. The smallest absolute Gasteiger partial charge is 0.225 e. The number of hydrogen-bond acceptors (Lipinski definition) is 4. The lowest BCUT2D eigenvalue weighted by molar-refractivity contribution is -0.128. The topological polar surface area (TPSA) is 73.6 Å². The molecule has 0 bridgehead atoms. The molecule has 2 atom stereocenters. The molecule has 1 amide bonds. The Balaban J connectivity index is 1.98. The third-order valence-electron chi connectivity index (χ3n) is 4.57. The number of carbonyl (C=O) groups excluding carboxylic acids is 1. The summed E-state index contributed by atoms with van der Waals surface area (Å²) >= 11 is 0. The van der Waals surface area contributed by atoms with E-state index in [1.54, 1.807) is 7.11 Å². The highest BCUT2D eigenvalue weighted by Gasteiger charge is 2.37. The van der Waals surface area contributed by atoms with Gasteiger partial charge in [-0.05, 0) is 44.4 Å². The lowest BCUT2D eigenvalue weighted by Crippen LogP contribution is -2.52. The van der Waals surface area contributed by atoms with E-state index < -0.39 is 5.54 Å². The first-order valence-electron chi connectivity index (χ1n) is 8.34. The number of hydrogen-bond donors (Lipinski definition) is 2. The first-order chi connectivity index (χ1) is 11.0. The second kappa shape index (κ2) is 7.68. The molecule has 0 heterocycles. The third kappa shape index (κ3) is 4.38. The van der Waals surface area contributed by atoms with E-state index in [2.05, 4.69) is 5.32 Å². The van der Waals surface area contributed by atoms with Gasteiger partial charge in [0.2, 0.25) is 5.91 Å². The molecule has 0 radical (unpaired) electrons. The van der Waals surface area contributed by atoms with Gasteiger partial charge < -0.3 is 20.5 Å². The summed E-state index contributed by atoms with van der Waals surface area (Å²) in [4.78, 5) is 12.5. The van der Waals surface area contributed by atoms with E-state index in [0.717, 1.165) is 31.2 Å². The van der Waals surface area contributed by atoms with Crippen LogP contribution in [0.4, 0.5) is 0 Å². The van der Waals surface area contributed by atoms with Gasteiger partial charge >= 0.3 is 0 Å². The molecule has 5 heteroatoms. The zero-order valence-electron chi connectivity index (χ0n) is 14.4. The van der Waals surface area contributed by atoms with Gasteiger partial charge in [0.1, 0.15) is 0 Å². The molecule has 2 unspecified atom stereocenters. The lowest BCUT2D eigenvalue weighted by atomic mass is 9.74. The molecule has 1 fully saturated rings. The van der Waals surface area contributed by atoms with Crippen LogP contribution in [0.2, 0.25) is 0 Å². The van der Waals surface area contributed by atoms with Crippen LogP contribution < -0.4 is 20.5 Å². The van der Waals surface area contributed by atoms with Crippen molar-refractivity contribution in [3.05, 3.63) is 23.8 Å². The van der Waals surface area contributed by atoms with Crippen LogP contribution in [-0.4, -0.2) is 25.2 Å². The highest BCUT2D eigenvalue weighted by atomic mass is 16.5. The lowest BCUT2D eigenvalue weighted by Gasteiger charge is -2.37. The Morgan fingerprint density at radius 3 is 2.83 bits per heavy atom. The van der Waals surface area contributed by atoms with Gasteiger partial charge in [0.15, 0.2) is 11.5 Å². The van der Waals surface area contributed by atoms with Crippen molar-refractivity contribution in [1.82, 2.24) is 5.32 Å². The van der Waals surface area contributed by atoms with Crippen LogP contribution in [0.3, 0.4) is 0 Å². The molecule has 1 aromatic carbocycles. The highest BCUT2D eigenvalue weighted by molar-refractivity contribution is 5.80. The van der Waals surface area contributed by atoms with Crippen molar-refractivity contribution in [2.24, 2.45) is 11.7 Å². The van der Waals surface area contributed by atoms with E-state index in [1.165, 1.54) is 0 Å². The number of carbonyl (C=O) groups is 1. The second-order valence-corrected chi connectivity index (χ2v) is 6.44. The number of benzene rings is 1. The minimum absolute atomic E-state index is 0.0440. The van der Waals surface area contributed by atoms with Gasteiger partial charge in [0, 0.05) is 12.1 Å². The minimum atomic E-state index is -0.404. The number of amides is 1. The molecule has 2 rings (SSSR count). The van der Waals surface area contributed by atoms with Crippen LogP contribution in [0.5, 0.6) is 11.5 Å². The van der Waals surface area contributed by atoms with E-state index in [4.69, 9.17) is 15.2 Å². The maximum atomic E-state index is 12.5. The summed E-state index contributed by atoms with van der Waals surface area (Å²) < 4.78 is 10.8. The van der Waals surface area contributed by atoms with Gasteiger partial charge in [0.25, 0.3) is 0 Å². The quantitative estimate of drug-likeness (QED) is 0.845. The zero-order chi connectivity index (χ0) is 16.9. The largest absolute Gasteiger partial charge is 0.493 e. The standard InChI is InChI=1S/C18H28N2O3/c1-4-23-15-9-8-13(11-16(15)22-3)12-20-17(21)14-7-5-6-10-18(14,2)19/h8-9,11,14H,4-7,10,12,19H2,1-3H3,(H,20,21). The van der Waals surface area contributed by atoms with E-state index in [1.807, 2.05) is 32.0 Å². The van der Waals surface area contributed by atoms with Gasteiger partial charge in [-0.25, -0.2) is 0 Å². The second-order valence-electron chi connectivity index (χ2n) is 6.44. The molecule has 128 valence electrons. The predicted molar refractivity (Wildman–Crippen MR) is 90.6 cm³/mol. The molecular formula is C18H28N2O3. The van der Waals surface area contributed by atoms with E-state index >= 15 is 0 Å². The molecule has 3 N–H and O–H groups in total. The molecule has 1 aliphatic rings. The summed E-state index contributed by atoms with van der Waals surface area (Å²) in [6, 6.07) is 5.71. The van der Waals surface area contributed by atoms with Crippen LogP contribution in [0.15, 0.2) is 18.2 Å². The van der Waals surface area contributed by atoms with Crippen molar-refractivity contribution < 1.29 is 14.3 Å². The van der Waals surface area contributed by atoms with Crippen LogP contribution in [0, 0.1) is 5.92 Å². The summed E-state index contributed by atoms with van der Waals surface area (Å²) in [5, 5.41) is 3.01. The van der Waals surface area contributed by atoms with Gasteiger partial charge in [-0.1, -0.05) is 18.9 Å². The monoisotopic (exact) mass is 320 g/mol. The highest BCUT2D eigenvalue weighted by Crippen LogP contribution is 2.32. The molecule has 0 aliphatic heterocycles. The number of nitrogens with one attached hydrogen (secondary N) is 1. The molecule has 1 saturated carbocycles. The van der Waals surface area contributed by atoms with Crippen LogP contribution in [0.1, 0.15) is 45.1 Å². The number of rotatable bonds is 6. The number of ether oxygens (including phenoxy) is 2. The Bertz CT molecular complexity index is 543. The van der Waals surface area contributed by atoms with Gasteiger partial charge in [-0.3, -0.25) is 4.79 Å². The Kier molecular flexibility index (Phi) is 5.88. The average molecular weight is 320 g/mol. The van der Waals surface area contributed by atoms with Crippen LogP contribution in [-0.2, 0) is 11.3 Å². The first-order valence-corrected chi connectivity index (χ1v) is 8.34. The Hall–Kier alpha value is -1.75. The van der Waals surface area contributed by atoms with Crippen LogP contribution >= 0.6 is 0 Å². The maximum absolute atomic E-state index is 12.5. The Labute approximate surface area is 138 Å². The maximum Gasteiger partial charge on any atom is 0.225 e.